The highest BCUT2D eigenvalue weighted by molar-refractivity contribution is 6.03. The molecule has 20 heavy (non-hydrogen) atoms. The summed E-state index contributed by atoms with van der Waals surface area (Å²) >= 11 is 0. The third kappa shape index (κ3) is 2.55. The summed E-state index contributed by atoms with van der Waals surface area (Å²) in [5.74, 6) is -2.12. The van der Waals surface area contributed by atoms with Gasteiger partial charge >= 0.3 is 11.9 Å². The molecule has 1 saturated carbocycles. The molecule has 0 unspecified atom stereocenters. The van der Waals surface area contributed by atoms with E-state index in [1.54, 1.807) is 0 Å². The first-order valence-corrected chi connectivity index (χ1v) is 7.04. The standard InChI is InChI=1S/C16H20O4/c1-9-8-12(15(17)18)14(16(19)20)13(10(9)2)11-6-4-3-5-7-11/h8,11H,3-7H2,1-2H3,(H,17,18)(H,19,20). The lowest BCUT2D eigenvalue weighted by molar-refractivity contribution is 0.0649. The quantitative estimate of drug-likeness (QED) is 0.881. The minimum Gasteiger partial charge on any atom is -0.478 e. The van der Waals surface area contributed by atoms with Gasteiger partial charge in [0, 0.05) is 0 Å². The molecule has 4 heteroatoms. The molecular formula is C16H20O4. The van der Waals surface area contributed by atoms with Crippen molar-refractivity contribution in [2.75, 3.05) is 0 Å². The molecule has 2 N–H and O–H groups in total. The van der Waals surface area contributed by atoms with Crippen molar-refractivity contribution in [1.29, 1.82) is 0 Å². The summed E-state index contributed by atoms with van der Waals surface area (Å²) in [4.78, 5) is 23.0. The van der Waals surface area contributed by atoms with Gasteiger partial charge in [0.1, 0.15) is 0 Å². The molecule has 0 aromatic heterocycles. The number of carboxylic acids is 2. The maximum absolute atomic E-state index is 11.6. The van der Waals surface area contributed by atoms with Crippen LogP contribution in [0.5, 0.6) is 0 Å². The summed E-state index contributed by atoms with van der Waals surface area (Å²) in [6.07, 6.45) is 5.24. The van der Waals surface area contributed by atoms with Gasteiger partial charge in [-0.1, -0.05) is 19.3 Å². The van der Waals surface area contributed by atoms with E-state index in [0.717, 1.165) is 42.4 Å². The molecule has 0 saturated heterocycles. The van der Waals surface area contributed by atoms with Crippen molar-refractivity contribution < 1.29 is 19.8 Å². The highest BCUT2D eigenvalue weighted by atomic mass is 16.4. The fourth-order valence-electron chi connectivity index (χ4n) is 3.24. The summed E-state index contributed by atoms with van der Waals surface area (Å²) in [6.45, 7) is 3.75. The van der Waals surface area contributed by atoms with E-state index in [-0.39, 0.29) is 17.0 Å². The van der Waals surface area contributed by atoms with Gasteiger partial charge in [-0.05, 0) is 55.4 Å². The van der Waals surface area contributed by atoms with Gasteiger partial charge in [0.05, 0.1) is 11.1 Å². The van der Waals surface area contributed by atoms with Crippen LogP contribution in [0.25, 0.3) is 0 Å². The molecular weight excluding hydrogens is 256 g/mol. The van der Waals surface area contributed by atoms with Crippen molar-refractivity contribution in [2.45, 2.75) is 51.9 Å². The molecule has 2 rings (SSSR count). The Balaban J connectivity index is 2.68. The van der Waals surface area contributed by atoms with E-state index in [1.165, 1.54) is 12.5 Å². The first kappa shape index (κ1) is 14.6. The minimum atomic E-state index is -1.16. The Bertz CT molecular complexity index is 554. The Hall–Kier alpha value is -1.84. The largest absolute Gasteiger partial charge is 0.478 e. The number of benzene rings is 1. The van der Waals surface area contributed by atoms with E-state index in [9.17, 15) is 19.8 Å². The van der Waals surface area contributed by atoms with Crippen molar-refractivity contribution in [3.05, 3.63) is 33.9 Å². The molecule has 1 aliphatic carbocycles. The van der Waals surface area contributed by atoms with Gasteiger partial charge in [-0.15, -0.1) is 0 Å². The molecule has 108 valence electrons. The van der Waals surface area contributed by atoms with E-state index in [2.05, 4.69) is 0 Å². The van der Waals surface area contributed by atoms with Gasteiger partial charge in [0.15, 0.2) is 0 Å². The Morgan fingerprint density at radius 3 is 2.15 bits per heavy atom. The summed E-state index contributed by atoms with van der Waals surface area (Å²) < 4.78 is 0. The highest BCUT2D eigenvalue weighted by Crippen LogP contribution is 2.38. The van der Waals surface area contributed by atoms with Crippen LogP contribution in [0.4, 0.5) is 0 Å². The van der Waals surface area contributed by atoms with Crippen molar-refractivity contribution in [1.82, 2.24) is 0 Å². The molecule has 1 aromatic carbocycles. The second kappa shape index (κ2) is 5.65. The number of carbonyl (C=O) groups is 2. The number of carboxylic acid groups (broad SMARTS) is 2. The first-order valence-electron chi connectivity index (χ1n) is 7.04. The Kier molecular flexibility index (Phi) is 4.12. The van der Waals surface area contributed by atoms with Crippen LogP contribution in [0.1, 0.15) is 75.4 Å². The van der Waals surface area contributed by atoms with Gasteiger partial charge in [-0.3, -0.25) is 0 Å². The molecule has 0 radical (unpaired) electrons. The molecule has 0 aliphatic heterocycles. The highest BCUT2D eigenvalue weighted by Gasteiger charge is 2.28. The lowest BCUT2D eigenvalue weighted by atomic mass is 9.78. The maximum Gasteiger partial charge on any atom is 0.336 e. The molecule has 0 bridgehead atoms. The summed E-state index contributed by atoms with van der Waals surface area (Å²) in [5.41, 5.74) is 2.44. The fraction of sp³-hybridized carbons (Fsp3) is 0.500. The normalized spacial score (nSPS) is 16.1. The molecule has 1 aliphatic rings. The van der Waals surface area contributed by atoms with E-state index < -0.39 is 11.9 Å². The van der Waals surface area contributed by atoms with E-state index >= 15 is 0 Å². The monoisotopic (exact) mass is 276 g/mol. The van der Waals surface area contributed by atoms with E-state index in [1.807, 2.05) is 13.8 Å². The number of rotatable bonds is 3. The predicted molar refractivity (Wildman–Crippen MR) is 75.7 cm³/mol. The molecule has 1 fully saturated rings. The van der Waals surface area contributed by atoms with Crippen molar-refractivity contribution >= 4 is 11.9 Å². The average molecular weight is 276 g/mol. The van der Waals surface area contributed by atoms with E-state index in [0.29, 0.717) is 0 Å². The third-order valence-electron chi connectivity index (χ3n) is 4.35. The van der Waals surface area contributed by atoms with Crippen LogP contribution in [-0.2, 0) is 0 Å². The molecule has 0 spiro atoms. The van der Waals surface area contributed by atoms with Crippen LogP contribution in [0, 0.1) is 13.8 Å². The number of hydrogen-bond donors (Lipinski definition) is 2. The molecule has 4 nitrogen and oxygen atoms in total. The zero-order chi connectivity index (χ0) is 14.9. The van der Waals surface area contributed by atoms with Crippen LogP contribution in [0.15, 0.2) is 6.07 Å². The van der Waals surface area contributed by atoms with Crippen LogP contribution in [-0.4, -0.2) is 22.2 Å². The molecule has 0 atom stereocenters. The number of hydrogen-bond acceptors (Lipinski definition) is 2. The SMILES string of the molecule is Cc1cc(C(=O)O)c(C(=O)O)c(C2CCCCC2)c1C. The number of aryl methyl sites for hydroxylation is 1. The zero-order valence-corrected chi connectivity index (χ0v) is 11.9. The van der Waals surface area contributed by atoms with Gasteiger partial charge in [-0.2, -0.15) is 0 Å². The van der Waals surface area contributed by atoms with Gasteiger partial charge in [-0.25, -0.2) is 9.59 Å². The maximum atomic E-state index is 11.6. The molecule has 0 amide bonds. The smallest absolute Gasteiger partial charge is 0.336 e. The van der Waals surface area contributed by atoms with Gasteiger partial charge in [0.2, 0.25) is 0 Å². The van der Waals surface area contributed by atoms with Crippen molar-refractivity contribution in [3.63, 3.8) is 0 Å². The Labute approximate surface area is 118 Å². The van der Waals surface area contributed by atoms with Crippen molar-refractivity contribution in [2.24, 2.45) is 0 Å². The van der Waals surface area contributed by atoms with Gasteiger partial charge < -0.3 is 10.2 Å². The zero-order valence-electron chi connectivity index (χ0n) is 11.9. The van der Waals surface area contributed by atoms with Crippen LogP contribution in [0.3, 0.4) is 0 Å². The fourth-order valence-corrected chi connectivity index (χ4v) is 3.24. The predicted octanol–water partition coefficient (Wildman–Crippen LogP) is 3.75. The van der Waals surface area contributed by atoms with Crippen LogP contribution < -0.4 is 0 Å². The first-order chi connectivity index (χ1) is 9.43. The molecule has 0 heterocycles. The summed E-state index contributed by atoms with van der Waals surface area (Å²) in [6, 6.07) is 1.48. The summed E-state index contributed by atoms with van der Waals surface area (Å²) in [5, 5.41) is 18.8. The van der Waals surface area contributed by atoms with E-state index in [4.69, 9.17) is 0 Å². The minimum absolute atomic E-state index is 0.00694. The second-order valence-electron chi connectivity index (χ2n) is 5.60. The van der Waals surface area contributed by atoms with Gasteiger partial charge in [0.25, 0.3) is 0 Å². The topological polar surface area (TPSA) is 74.6 Å². The molecule has 1 aromatic rings. The second-order valence-corrected chi connectivity index (χ2v) is 5.60. The van der Waals surface area contributed by atoms with Crippen LogP contribution in [0.2, 0.25) is 0 Å². The Morgan fingerprint density at radius 1 is 1.05 bits per heavy atom. The Morgan fingerprint density at radius 2 is 1.65 bits per heavy atom. The van der Waals surface area contributed by atoms with Crippen LogP contribution >= 0.6 is 0 Å². The summed E-state index contributed by atoms with van der Waals surface area (Å²) in [7, 11) is 0. The average Bonchev–Trinajstić information content (AvgIpc) is 2.41. The number of aromatic carboxylic acids is 2. The van der Waals surface area contributed by atoms with Crippen molar-refractivity contribution in [3.8, 4) is 0 Å². The third-order valence-corrected chi connectivity index (χ3v) is 4.35. The lowest BCUT2D eigenvalue weighted by Gasteiger charge is -2.26. The lowest BCUT2D eigenvalue weighted by Crippen LogP contribution is -2.18.